The van der Waals surface area contributed by atoms with E-state index in [-0.39, 0.29) is 22.2 Å². The van der Waals surface area contributed by atoms with Crippen LogP contribution in [-0.4, -0.2) is 61.2 Å². The Labute approximate surface area is 126 Å². The van der Waals surface area contributed by atoms with Crippen molar-refractivity contribution >= 4 is 27.3 Å². The third kappa shape index (κ3) is 3.70. The van der Waals surface area contributed by atoms with Gasteiger partial charge < -0.3 is 10.7 Å². The SMILES string of the molecule is Cc1[nH]c(=O)sc1S(=O)(=O)N1CCCN(CC(N)=O)CC1. The van der Waals surface area contributed by atoms with Crippen molar-refractivity contribution in [3.05, 3.63) is 15.4 Å². The van der Waals surface area contributed by atoms with Crippen LogP contribution in [0, 0.1) is 6.92 Å². The molecule has 1 saturated heterocycles. The number of carbonyl (C=O) groups is 1. The molecule has 0 bridgehead atoms. The van der Waals surface area contributed by atoms with Crippen molar-refractivity contribution in [1.29, 1.82) is 0 Å². The minimum atomic E-state index is -3.67. The number of thiazole rings is 1. The van der Waals surface area contributed by atoms with Crippen molar-refractivity contribution in [3.8, 4) is 0 Å². The van der Waals surface area contributed by atoms with Gasteiger partial charge in [0.25, 0.3) is 10.0 Å². The molecule has 21 heavy (non-hydrogen) atoms. The van der Waals surface area contributed by atoms with Crippen molar-refractivity contribution < 1.29 is 13.2 Å². The van der Waals surface area contributed by atoms with E-state index in [1.54, 1.807) is 6.92 Å². The second-order valence-corrected chi connectivity index (χ2v) is 8.04. The number of nitrogens with zero attached hydrogens (tertiary/aromatic N) is 2. The van der Waals surface area contributed by atoms with E-state index in [0.717, 1.165) is 0 Å². The fraction of sp³-hybridized carbons (Fsp3) is 0.636. The van der Waals surface area contributed by atoms with Crippen molar-refractivity contribution in [3.63, 3.8) is 0 Å². The van der Waals surface area contributed by atoms with Gasteiger partial charge in [0.05, 0.1) is 6.54 Å². The smallest absolute Gasteiger partial charge is 0.305 e. The molecule has 1 amide bonds. The number of aromatic amines is 1. The lowest BCUT2D eigenvalue weighted by molar-refractivity contribution is -0.119. The van der Waals surface area contributed by atoms with E-state index in [9.17, 15) is 18.0 Å². The van der Waals surface area contributed by atoms with Gasteiger partial charge in [0.15, 0.2) is 4.21 Å². The number of primary amides is 1. The van der Waals surface area contributed by atoms with E-state index < -0.39 is 15.9 Å². The summed E-state index contributed by atoms with van der Waals surface area (Å²) in [4.78, 5) is 26.2. The molecule has 0 saturated carbocycles. The van der Waals surface area contributed by atoms with E-state index >= 15 is 0 Å². The van der Waals surface area contributed by atoms with Crippen LogP contribution in [0.2, 0.25) is 0 Å². The zero-order chi connectivity index (χ0) is 15.6. The largest absolute Gasteiger partial charge is 0.369 e. The Balaban J connectivity index is 2.16. The Morgan fingerprint density at radius 3 is 2.62 bits per heavy atom. The van der Waals surface area contributed by atoms with Crippen LogP contribution < -0.4 is 10.6 Å². The number of nitrogens with one attached hydrogen (secondary N) is 1. The number of hydrogen-bond donors (Lipinski definition) is 2. The molecule has 3 N–H and O–H groups in total. The number of amides is 1. The monoisotopic (exact) mass is 334 g/mol. The lowest BCUT2D eigenvalue weighted by Gasteiger charge is -2.20. The highest BCUT2D eigenvalue weighted by Gasteiger charge is 2.30. The first kappa shape index (κ1) is 16.1. The van der Waals surface area contributed by atoms with E-state index in [2.05, 4.69) is 4.98 Å². The molecule has 0 aliphatic carbocycles. The highest BCUT2D eigenvalue weighted by Crippen LogP contribution is 2.22. The molecule has 10 heteroatoms. The van der Waals surface area contributed by atoms with Gasteiger partial charge in [0.1, 0.15) is 0 Å². The van der Waals surface area contributed by atoms with E-state index in [1.807, 2.05) is 4.90 Å². The minimum absolute atomic E-state index is 0.0656. The molecule has 0 atom stereocenters. The molecule has 0 unspecified atom stereocenters. The predicted molar refractivity (Wildman–Crippen MR) is 78.7 cm³/mol. The molecule has 2 heterocycles. The zero-order valence-electron chi connectivity index (χ0n) is 11.7. The summed E-state index contributed by atoms with van der Waals surface area (Å²) in [6.07, 6.45) is 0.616. The summed E-state index contributed by atoms with van der Waals surface area (Å²) in [6.45, 7) is 3.41. The minimum Gasteiger partial charge on any atom is -0.369 e. The summed E-state index contributed by atoms with van der Waals surface area (Å²) >= 11 is 0.705. The van der Waals surface area contributed by atoms with Crippen LogP contribution in [0.5, 0.6) is 0 Å². The molecular weight excluding hydrogens is 316 g/mol. The fourth-order valence-corrected chi connectivity index (χ4v) is 5.22. The number of nitrogens with two attached hydrogens (primary N) is 1. The first-order chi connectivity index (χ1) is 9.80. The number of sulfonamides is 1. The number of aryl methyl sites for hydroxylation is 1. The van der Waals surface area contributed by atoms with Crippen LogP contribution in [0.15, 0.2) is 9.00 Å². The van der Waals surface area contributed by atoms with Gasteiger partial charge >= 0.3 is 4.87 Å². The van der Waals surface area contributed by atoms with Crippen LogP contribution in [0.1, 0.15) is 12.1 Å². The maximum atomic E-state index is 12.6. The third-order valence-corrected chi connectivity index (χ3v) is 6.76. The first-order valence-corrected chi connectivity index (χ1v) is 8.77. The molecule has 118 valence electrons. The van der Waals surface area contributed by atoms with Crippen molar-refractivity contribution in [2.45, 2.75) is 17.6 Å². The average Bonchev–Trinajstić information content (AvgIpc) is 2.60. The number of carbonyl (C=O) groups excluding carboxylic acids is 1. The van der Waals surface area contributed by atoms with Gasteiger partial charge in [-0.25, -0.2) is 8.42 Å². The average molecular weight is 334 g/mol. The van der Waals surface area contributed by atoms with Gasteiger partial charge in [0.2, 0.25) is 5.91 Å². The summed E-state index contributed by atoms with van der Waals surface area (Å²) in [5, 5.41) is 0. The maximum absolute atomic E-state index is 12.6. The standard InChI is InChI=1S/C11H18N4O4S2/c1-8-10(20-11(17)13-8)21(18,19)15-4-2-3-14(5-6-15)7-9(12)16/h2-7H2,1H3,(H2,12,16)(H,13,17). The van der Waals surface area contributed by atoms with Gasteiger partial charge in [-0.15, -0.1) is 0 Å². The molecule has 1 aliphatic heterocycles. The van der Waals surface area contributed by atoms with Crippen molar-refractivity contribution in [1.82, 2.24) is 14.2 Å². The number of aromatic nitrogens is 1. The molecule has 1 aliphatic rings. The molecule has 0 aromatic carbocycles. The number of rotatable bonds is 4. The number of H-pyrrole nitrogens is 1. The Kier molecular flexibility index (Phi) is 4.81. The molecule has 8 nitrogen and oxygen atoms in total. The summed E-state index contributed by atoms with van der Waals surface area (Å²) in [7, 11) is -3.67. The fourth-order valence-electron chi connectivity index (χ4n) is 2.32. The van der Waals surface area contributed by atoms with E-state index in [1.165, 1.54) is 4.31 Å². The normalized spacial score (nSPS) is 18.5. The van der Waals surface area contributed by atoms with Crippen LogP contribution in [-0.2, 0) is 14.8 Å². The van der Waals surface area contributed by atoms with Gasteiger partial charge in [-0.3, -0.25) is 14.5 Å². The van der Waals surface area contributed by atoms with Crippen LogP contribution in [0.4, 0.5) is 0 Å². The summed E-state index contributed by atoms with van der Waals surface area (Å²) in [6, 6.07) is 0. The highest BCUT2D eigenvalue weighted by atomic mass is 32.2. The Morgan fingerprint density at radius 1 is 1.33 bits per heavy atom. The van der Waals surface area contributed by atoms with Gasteiger partial charge in [-0.1, -0.05) is 11.3 Å². The third-order valence-electron chi connectivity index (χ3n) is 3.28. The van der Waals surface area contributed by atoms with Gasteiger partial charge in [0, 0.05) is 25.3 Å². The van der Waals surface area contributed by atoms with Crippen LogP contribution in [0.25, 0.3) is 0 Å². The van der Waals surface area contributed by atoms with Crippen molar-refractivity contribution in [2.75, 3.05) is 32.7 Å². The van der Waals surface area contributed by atoms with E-state index in [0.29, 0.717) is 43.1 Å². The molecule has 1 aromatic rings. The van der Waals surface area contributed by atoms with E-state index in [4.69, 9.17) is 5.73 Å². The topological polar surface area (TPSA) is 117 Å². The maximum Gasteiger partial charge on any atom is 0.305 e. The molecular formula is C11H18N4O4S2. The summed E-state index contributed by atoms with van der Waals surface area (Å²) in [5.41, 5.74) is 5.52. The Bertz CT molecular complexity index is 679. The Hall–Kier alpha value is -1.23. The van der Waals surface area contributed by atoms with Crippen LogP contribution in [0.3, 0.4) is 0 Å². The second-order valence-electron chi connectivity index (χ2n) is 4.93. The van der Waals surface area contributed by atoms with Gasteiger partial charge in [-0.05, 0) is 19.9 Å². The molecule has 0 radical (unpaired) electrons. The zero-order valence-corrected chi connectivity index (χ0v) is 13.3. The summed E-state index contributed by atoms with van der Waals surface area (Å²) < 4.78 is 26.6. The van der Waals surface area contributed by atoms with Crippen molar-refractivity contribution in [2.24, 2.45) is 5.73 Å². The lowest BCUT2D eigenvalue weighted by atomic mass is 10.4. The number of hydrogen-bond acceptors (Lipinski definition) is 6. The summed E-state index contributed by atoms with van der Waals surface area (Å²) in [5.74, 6) is -0.425. The molecule has 0 spiro atoms. The predicted octanol–water partition coefficient (Wildman–Crippen LogP) is -1.07. The first-order valence-electron chi connectivity index (χ1n) is 6.51. The Morgan fingerprint density at radius 2 is 2.05 bits per heavy atom. The second kappa shape index (κ2) is 6.26. The highest BCUT2D eigenvalue weighted by molar-refractivity contribution is 7.91. The quantitative estimate of drug-likeness (QED) is 0.727. The van der Waals surface area contributed by atoms with Crippen LogP contribution >= 0.6 is 11.3 Å². The van der Waals surface area contributed by atoms with Gasteiger partial charge in [-0.2, -0.15) is 4.31 Å². The molecule has 1 fully saturated rings. The molecule has 2 rings (SSSR count). The molecule has 1 aromatic heterocycles. The lowest BCUT2D eigenvalue weighted by Crippen LogP contribution is -2.38.